The Bertz CT molecular complexity index is 948. The lowest BCUT2D eigenvalue weighted by molar-refractivity contribution is -0.148. The highest BCUT2D eigenvalue weighted by molar-refractivity contribution is 5.72. The van der Waals surface area contributed by atoms with E-state index in [1.165, 1.54) is 12.7 Å². The molecule has 0 aliphatic heterocycles. The van der Waals surface area contributed by atoms with Crippen molar-refractivity contribution in [1.29, 1.82) is 0 Å². The molecule has 1 unspecified atom stereocenters. The first-order valence-electron chi connectivity index (χ1n) is 9.33. The van der Waals surface area contributed by atoms with Crippen LogP contribution in [0.15, 0.2) is 47.0 Å². The van der Waals surface area contributed by atoms with E-state index in [0.29, 0.717) is 24.8 Å². The predicted molar refractivity (Wildman–Crippen MR) is 107 cm³/mol. The van der Waals surface area contributed by atoms with Crippen molar-refractivity contribution in [2.75, 3.05) is 13.7 Å². The summed E-state index contributed by atoms with van der Waals surface area (Å²) in [6, 6.07) is 11.5. The molecule has 0 amide bonds. The minimum Gasteiger partial charge on any atom is -0.479 e. The standard InChI is InChI=1S/C22H24N2O5/c1-14-4-7-17(8-5-14)21-24-18(15(2)29-21)10-11-28-20-9-6-16(13-23-20)12-19(27-3)22(25)26/h4-9,13,19H,10-12H2,1-3H3,(H,25,26). The highest BCUT2D eigenvalue weighted by Gasteiger charge is 2.17. The van der Waals surface area contributed by atoms with E-state index in [-0.39, 0.29) is 6.42 Å². The molecule has 0 bridgehead atoms. The summed E-state index contributed by atoms with van der Waals surface area (Å²) in [5.41, 5.74) is 3.74. The number of aromatic nitrogens is 2. The van der Waals surface area contributed by atoms with Crippen LogP contribution in [0.1, 0.15) is 22.6 Å². The zero-order chi connectivity index (χ0) is 20.8. The Morgan fingerprint density at radius 1 is 1.17 bits per heavy atom. The minimum absolute atomic E-state index is 0.249. The van der Waals surface area contributed by atoms with E-state index >= 15 is 0 Å². The third-order valence-corrected chi connectivity index (χ3v) is 4.56. The van der Waals surface area contributed by atoms with Crippen molar-refractivity contribution in [3.8, 4) is 17.3 Å². The molecular formula is C22H24N2O5. The summed E-state index contributed by atoms with van der Waals surface area (Å²) in [5.74, 6) is 0.844. The number of carboxylic acid groups (broad SMARTS) is 1. The van der Waals surface area contributed by atoms with Gasteiger partial charge in [-0.1, -0.05) is 23.8 Å². The SMILES string of the molecule is COC(Cc1ccc(OCCc2nc(-c3ccc(C)cc3)oc2C)nc1)C(=O)O. The molecule has 29 heavy (non-hydrogen) atoms. The molecule has 2 heterocycles. The van der Waals surface area contributed by atoms with Crippen molar-refractivity contribution >= 4 is 5.97 Å². The molecule has 0 saturated heterocycles. The summed E-state index contributed by atoms with van der Waals surface area (Å²) in [7, 11) is 1.37. The van der Waals surface area contributed by atoms with Gasteiger partial charge in [0.05, 0.1) is 12.3 Å². The lowest BCUT2D eigenvalue weighted by atomic mass is 10.1. The maximum atomic E-state index is 11.0. The molecule has 0 aliphatic rings. The lowest BCUT2D eigenvalue weighted by Crippen LogP contribution is -2.24. The molecule has 0 saturated carbocycles. The number of oxazole rings is 1. The van der Waals surface area contributed by atoms with Crippen molar-refractivity contribution in [2.24, 2.45) is 0 Å². The number of benzene rings is 1. The fourth-order valence-electron chi connectivity index (χ4n) is 2.83. The highest BCUT2D eigenvalue weighted by atomic mass is 16.5. The number of hydrogen-bond donors (Lipinski definition) is 1. The molecule has 1 aromatic carbocycles. The Morgan fingerprint density at radius 2 is 1.93 bits per heavy atom. The van der Waals surface area contributed by atoms with Gasteiger partial charge in [-0.2, -0.15) is 0 Å². The first kappa shape index (κ1) is 20.5. The molecule has 7 nitrogen and oxygen atoms in total. The second-order valence-electron chi connectivity index (χ2n) is 6.76. The molecule has 1 N–H and O–H groups in total. The van der Waals surface area contributed by atoms with Crippen LogP contribution in [0, 0.1) is 13.8 Å². The minimum atomic E-state index is -0.999. The van der Waals surface area contributed by atoms with E-state index < -0.39 is 12.1 Å². The van der Waals surface area contributed by atoms with E-state index in [1.807, 2.05) is 38.1 Å². The fourth-order valence-corrected chi connectivity index (χ4v) is 2.83. The maximum absolute atomic E-state index is 11.0. The molecule has 2 aromatic heterocycles. The van der Waals surface area contributed by atoms with Crippen molar-refractivity contribution in [1.82, 2.24) is 9.97 Å². The Balaban J connectivity index is 1.55. The Hall–Kier alpha value is -3.19. The van der Waals surface area contributed by atoms with Gasteiger partial charge in [0.15, 0.2) is 6.10 Å². The average molecular weight is 396 g/mol. The molecular weight excluding hydrogens is 372 g/mol. The number of nitrogens with zero attached hydrogens (tertiary/aromatic N) is 2. The summed E-state index contributed by atoms with van der Waals surface area (Å²) in [6.45, 7) is 4.33. The van der Waals surface area contributed by atoms with Gasteiger partial charge in [-0.3, -0.25) is 0 Å². The van der Waals surface area contributed by atoms with E-state index in [1.54, 1.807) is 18.3 Å². The van der Waals surface area contributed by atoms with E-state index in [9.17, 15) is 4.79 Å². The normalized spacial score (nSPS) is 12.0. The molecule has 0 fully saturated rings. The maximum Gasteiger partial charge on any atom is 0.333 e. The van der Waals surface area contributed by atoms with Crippen LogP contribution in [0.2, 0.25) is 0 Å². The summed E-state index contributed by atoms with van der Waals surface area (Å²) in [6.07, 6.45) is 1.55. The number of pyridine rings is 1. The fraction of sp³-hybridized carbons (Fsp3) is 0.318. The number of aliphatic carboxylic acids is 1. The second-order valence-corrected chi connectivity index (χ2v) is 6.76. The van der Waals surface area contributed by atoms with E-state index in [4.69, 9.17) is 19.0 Å². The number of carboxylic acids is 1. The van der Waals surface area contributed by atoms with Crippen LogP contribution in [0.3, 0.4) is 0 Å². The molecule has 152 valence electrons. The topological polar surface area (TPSA) is 94.7 Å². The number of ether oxygens (including phenoxy) is 2. The third kappa shape index (κ3) is 5.42. The first-order valence-corrected chi connectivity index (χ1v) is 9.33. The molecule has 7 heteroatoms. The van der Waals surface area contributed by atoms with Crippen LogP contribution >= 0.6 is 0 Å². The van der Waals surface area contributed by atoms with Gasteiger partial charge in [0.25, 0.3) is 0 Å². The van der Waals surface area contributed by atoms with Crippen molar-refractivity contribution < 1.29 is 23.8 Å². The summed E-state index contributed by atoms with van der Waals surface area (Å²) < 4.78 is 16.4. The van der Waals surface area contributed by atoms with Crippen LogP contribution in [0.5, 0.6) is 5.88 Å². The van der Waals surface area contributed by atoms with Crippen molar-refractivity contribution in [3.63, 3.8) is 0 Å². The van der Waals surface area contributed by atoms with Gasteiger partial charge in [-0.05, 0) is 31.5 Å². The number of methoxy groups -OCH3 is 1. The van der Waals surface area contributed by atoms with E-state index in [0.717, 1.165) is 22.6 Å². The van der Waals surface area contributed by atoms with Gasteiger partial charge in [0, 0.05) is 37.8 Å². The molecule has 3 aromatic rings. The van der Waals surface area contributed by atoms with Gasteiger partial charge >= 0.3 is 5.97 Å². The van der Waals surface area contributed by atoms with Gasteiger partial charge in [-0.25, -0.2) is 14.8 Å². The molecule has 0 spiro atoms. The Kier molecular flexibility index (Phi) is 6.61. The molecule has 3 rings (SSSR count). The van der Waals surface area contributed by atoms with Gasteiger partial charge in [0.2, 0.25) is 11.8 Å². The third-order valence-electron chi connectivity index (χ3n) is 4.56. The summed E-state index contributed by atoms with van der Waals surface area (Å²) in [4.78, 5) is 19.8. The quantitative estimate of drug-likeness (QED) is 0.590. The largest absolute Gasteiger partial charge is 0.479 e. The molecule has 0 radical (unpaired) electrons. The first-order chi connectivity index (χ1) is 14.0. The van der Waals surface area contributed by atoms with Crippen molar-refractivity contribution in [2.45, 2.75) is 32.8 Å². The molecule has 1 atom stereocenters. The van der Waals surface area contributed by atoms with Crippen LogP contribution in [0.25, 0.3) is 11.5 Å². The Morgan fingerprint density at radius 3 is 2.55 bits per heavy atom. The van der Waals surface area contributed by atoms with Crippen LogP contribution in [0.4, 0.5) is 0 Å². The van der Waals surface area contributed by atoms with Crippen LogP contribution < -0.4 is 4.74 Å². The number of aryl methyl sites for hydroxylation is 2. The summed E-state index contributed by atoms with van der Waals surface area (Å²) in [5, 5.41) is 9.04. The zero-order valence-corrected chi connectivity index (χ0v) is 16.7. The van der Waals surface area contributed by atoms with Crippen LogP contribution in [-0.4, -0.2) is 40.9 Å². The second kappa shape index (κ2) is 9.34. The number of rotatable bonds is 9. The monoisotopic (exact) mass is 396 g/mol. The number of hydrogen-bond acceptors (Lipinski definition) is 6. The lowest BCUT2D eigenvalue weighted by Gasteiger charge is -2.10. The van der Waals surface area contributed by atoms with Gasteiger partial charge < -0.3 is 19.0 Å². The molecule has 0 aliphatic carbocycles. The number of carbonyl (C=O) groups is 1. The Labute approximate surface area is 169 Å². The highest BCUT2D eigenvalue weighted by Crippen LogP contribution is 2.22. The summed E-state index contributed by atoms with van der Waals surface area (Å²) >= 11 is 0. The smallest absolute Gasteiger partial charge is 0.333 e. The van der Waals surface area contributed by atoms with E-state index in [2.05, 4.69) is 9.97 Å². The van der Waals surface area contributed by atoms with Crippen molar-refractivity contribution in [3.05, 3.63) is 65.2 Å². The predicted octanol–water partition coefficient (Wildman–Crippen LogP) is 3.62. The van der Waals surface area contributed by atoms with Gasteiger partial charge in [0.1, 0.15) is 5.76 Å². The zero-order valence-electron chi connectivity index (χ0n) is 16.7. The average Bonchev–Trinajstić information content (AvgIpc) is 3.08. The van der Waals surface area contributed by atoms with Gasteiger partial charge in [-0.15, -0.1) is 0 Å². The van der Waals surface area contributed by atoms with Crippen LogP contribution in [-0.2, 0) is 22.4 Å².